The number of aromatic nitrogens is 6. The van der Waals surface area contributed by atoms with Crippen molar-refractivity contribution in [3.8, 4) is 0 Å². The summed E-state index contributed by atoms with van der Waals surface area (Å²) in [6, 6.07) is 0. The summed E-state index contributed by atoms with van der Waals surface area (Å²) in [5, 5.41) is 13.7. The lowest BCUT2D eigenvalue weighted by Crippen LogP contribution is -1.93. The molecule has 2 aromatic rings. The van der Waals surface area contributed by atoms with Gasteiger partial charge in [0.25, 0.3) is 0 Å². The third-order valence-corrected chi connectivity index (χ3v) is 1.00. The molecule has 0 radical (unpaired) electrons. The van der Waals surface area contributed by atoms with Crippen molar-refractivity contribution in [2.45, 2.75) is 0 Å². The summed E-state index contributed by atoms with van der Waals surface area (Å²) < 4.78 is 0. The molecule has 2 aromatic heterocycles. The van der Waals surface area contributed by atoms with Crippen LogP contribution in [0.4, 0.5) is 11.9 Å². The van der Waals surface area contributed by atoms with Gasteiger partial charge in [-0.05, 0) is 0 Å². The maximum atomic E-state index is 5.07. The van der Waals surface area contributed by atoms with E-state index in [0.717, 1.165) is 0 Å². The molecule has 2 rings (SSSR count). The van der Waals surface area contributed by atoms with Gasteiger partial charge in [-0.3, -0.25) is 0 Å². The maximum absolute atomic E-state index is 5.07. The van der Waals surface area contributed by atoms with Crippen LogP contribution in [0.1, 0.15) is 0 Å². The van der Waals surface area contributed by atoms with Crippen LogP contribution in [0.15, 0.2) is 24.8 Å². The van der Waals surface area contributed by atoms with E-state index in [-0.39, 0.29) is 11.9 Å². The zero-order valence-electron chi connectivity index (χ0n) is 7.15. The molecule has 0 bridgehead atoms. The molecule has 8 nitrogen and oxygen atoms in total. The minimum absolute atomic E-state index is 0.211. The minimum atomic E-state index is 0.211. The van der Waals surface area contributed by atoms with Crippen molar-refractivity contribution < 1.29 is 0 Å². The van der Waals surface area contributed by atoms with Gasteiger partial charge < -0.3 is 11.5 Å². The minimum Gasteiger partial charge on any atom is -0.366 e. The first-order valence-electron chi connectivity index (χ1n) is 3.57. The number of nitrogen functional groups attached to an aromatic ring is 2. The molecular weight excluding hydrogens is 184 g/mol. The lowest BCUT2D eigenvalue weighted by atomic mass is 10.9. The first-order chi connectivity index (χ1) is 6.79. The number of nitrogens with two attached hydrogens (primary N) is 2. The van der Waals surface area contributed by atoms with E-state index < -0.39 is 0 Å². The Morgan fingerprint density at radius 2 is 1.14 bits per heavy atom. The molecule has 0 aromatic carbocycles. The summed E-state index contributed by atoms with van der Waals surface area (Å²) in [5.41, 5.74) is 10.1. The predicted molar refractivity (Wildman–Crippen MR) is 48.5 cm³/mol. The molecule has 0 aliphatic heterocycles. The quantitative estimate of drug-likeness (QED) is 0.538. The second-order valence-corrected chi connectivity index (χ2v) is 2.00. The molecule has 2 heterocycles. The van der Waals surface area contributed by atoms with Gasteiger partial charge in [0.2, 0.25) is 11.9 Å². The standard InChI is InChI=1S/2C3H4N4/c2*4-3-5-1-2-6-7-3/h2*1-2H,(H2,4,5,7). The van der Waals surface area contributed by atoms with Crippen molar-refractivity contribution in [2.75, 3.05) is 11.5 Å². The molecule has 0 fully saturated rings. The van der Waals surface area contributed by atoms with Gasteiger partial charge in [0.1, 0.15) is 0 Å². The molecule has 0 unspecified atom stereocenters. The third-order valence-electron chi connectivity index (χ3n) is 1.00. The highest BCUT2D eigenvalue weighted by molar-refractivity contribution is 5.08. The highest BCUT2D eigenvalue weighted by Crippen LogP contribution is 1.78. The largest absolute Gasteiger partial charge is 0.366 e. The van der Waals surface area contributed by atoms with E-state index in [9.17, 15) is 0 Å². The zero-order chi connectivity index (χ0) is 10.2. The summed E-state index contributed by atoms with van der Waals surface area (Å²) in [6.07, 6.45) is 5.91. The van der Waals surface area contributed by atoms with Crippen LogP contribution in [0, 0.1) is 0 Å². The van der Waals surface area contributed by atoms with E-state index in [0.29, 0.717) is 0 Å². The van der Waals surface area contributed by atoms with Gasteiger partial charge in [0.15, 0.2) is 0 Å². The first kappa shape index (κ1) is 9.71. The predicted octanol–water partition coefficient (Wildman–Crippen LogP) is -1.09. The number of rotatable bonds is 0. The molecule has 0 saturated heterocycles. The van der Waals surface area contributed by atoms with Crippen LogP contribution in [0.2, 0.25) is 0 Å². The molecule has 0 aliphatic carbocycles. The maximum Gasteiger partial charge on any atom is 0.240 e. The fourth-order valence-corrected chi connectivity index (χ4v) is 0.516. The number of nitrogens with zero attached hydrogens (tertiary/aromatic N) is 6. The van der Waals surface area contributed by atoms with Gasteiger partial charge in [-0.15, -0.1) is 10.2 Å². The normalized spacial score (nSPS) is 8.57. The van der Waals surface area contributed by atoms with Crippen LogP contribution in [0.5, 0.6) is 0 Å². The second-order valence-electron chi connectivity index (χ2n) is 2.00. The summed E-state index contributed by atoms with van der Waals surface area (Å²) in [7, 11) is 0. The van der Waals surface area contributed by atoms with Gasteiger partial charge in [-0.25, -0.2) is 9.97 Å². The molecule has 8 heteroatoms. The Morgan fingerprint density at radius 3 is 1.29 bits per heavy atom. The molecule has 0 spiro atoms. The molecular formula is C6H8N8. The molecule has 0 atom stereocenters. The summed E-state index contributed by atoms with van der Waals surface area (Å²) in [5.74, 6) is 0.421. The van der Waals surface area contributed by atoms with Crippen LogP contribution in [0.25, 0.3) is 0 Å². The van der Waals surface area contributed by atoms with E-state index in [2.05, 4.69) is 30.4 Å². The van der Waals surface area contributed by atoms with Gasteiger partial charge in [0, 0.05) is 0 Å². The van der Waals surface area contributed by atoms with E-state index >= 15 is 0 Å². The van der Waals surface area contributed by atoms with Gasteiger partial charge in [-0.1, -0.05) is 0 Å². The fraction of sp³-hybridized carbons (Fsp3) is 0. The fourth-order valence-electron chi connectivity index (χ4n) is 0.516. The number of hydrogen-bond donors (Lipinski definition) is 2. The lowest BCUT2D eigenvalue weighted by Gasteiger charge is -1.80. The zero-order valence-corrected chi connectivity index (χ0v) is 7.15. The molecule has 14 heavy (non-hydrogen) atoms. The monoisotopic (exact) mass is 192 g/mol. The van der Waals surface area contributed by atoms with E-state index in [1.807, 2.05) is 0 Å². The van der Waals surface area contributed by atoms with E-state index in [1.54, 1.807) is 0 Å². The molecule has 0 aliphatic rings. The van der Waals surface area contributed by atoms with Crippen molar-refractivity contribution >= 4 is 11.9 Å². The number of hydrogen-bond acceptors (Lipinski definition) is 8. The van der Waals surface area contributed by atoms with E-state index in [1.165, 1.54) is 24.8 Å². The van der Waals surface area contributed by atoms with Crippen molar-refractivity contribution in [3.05, 3.63) is 24.8 Å². The Kier molecular flexibility index (Phi) is 3.67. The average Bonchev–Trinajstić information content (AvgIpc) is 2.21. The smallest absolute Gasteiger partial charge is 0.240 e. The first-order valence-corrected chi connectivity index (χ1v) is 3.57. The Morgan fingerprint density at radius 1 is 0.714 bits per heavy atom. The van der Waals surface area contributed by atoms with Crippen LogP contribution >= 0.6 is 0 Å². The van der Waals surface area contributed by atoms with Crippen molar-refractivity contribution in [1.82, 2.24) is 30.4 Å². The Bertz CT molecular complexity index is 311. The summed E-state index contributed by atoms with van der Waals surface area (Å²) in [6.45, 7) is 0. The third kappa shape index (κ3) is 3.85. The second kappa shape index (κ2) is 5.30. The van der Waals surface area contributed by atoms with Crippen LogP contribution in [-0.2, 0) is 0 Å². The van der Waals surface area contributed by atoms with Crippen molar-refractivity contribution in [1.29, 1.82) is 0 Å². The molecule has 0 saturated carbocycles. The van der Waals surface area contributed by atoms with Crippen LogP contribution < -0.4 is 11.5 Å². The van der Waals surface area contributed by atoms with Gasteiger partial charge in [0.05, 0.1) is 24.8 Å². The Labute approximate surface area is 79.4 Å². The van der Waals surface area contributed by atoms with Gasteiger partial charge in [-0.2, -0.15) is 10.2 Å². The molecule has 4 N–H and O–H groups in total. The molecule has 72 valence electrons. The van der Waals surface area contributed by atoms with Crippen molar-refractivity contribution in [3.63, 3.8) is 0 Å². The van der Waals surface area contributed by atoms with E-state index in [4.69, 9.17) is 11.5 Å². The van der Waals surface area contributed by atoms with Gasteiger partial charge >= 0.3 is 0 Å². The van der Waals surface area contributed by atoms with Crippen molar-refractivity contribution in [2.24, 2.45) is 0 Å². The number of anilines is 2. The van der Waals surface area contributed by atoms with Crippen LogP contribution in [-0.4, -0.2) is 30.4 Å². The lowest BCUT2D eigenvalue weighted by molar-refractivity contribution is 0.985. The SMILES string of the molecule is Nc1nccnn1.Nc1nccnn1. The molecule has 0 amide bonds. The summed E-state index contributed by atoms with van der Waals surface area (Å²) in [4.78, 5) is 7.17. The Hall–Kier alpha value is -2.38. The average molecular weight is 192 g/mol. The van der Waals surface area contributed by atoms with Crippen LogP contribution in [0.3, 0.4) is 0 Å². The Balaban J connectivity index is 0.000000140. The topological polar surface area (TPSA) is 129 Å². The highest BCUT2D eigenvalue weighted by atomic mass is 15.2. The highest BCUT2D eigenvalue weighted by Gasteiger charge is 1.77. The summed E-state index contributed by atoms with van der Waals surface area (Å²) >= 11 is 0.